The molecule has 3 heteroatoms. The van der Waals surface area contributed by atoms with Gasteiger partial charge in [0.25, 0.3) is 0 Å². The van der Waals surface area contributed by atoms with Gasteiger partial charge in [0, 0.05) is 18.8 Å². The third-order valence-corrected chi connectivity index (χ3v) is 4.43. The molecule has 0 amide bonds. The summed E-state index contributed by atoms with van der Waals surface area (Å²) in [6.07, 6.45) is 5.97. The highest BCUT2D eigenvalue weighted by Gasteiger charge is 2.27. The van der Waals surface area contributed by atoms with Gasteiger partial charge in [0.05, 0.1) is 5.69 Å². The number of rotatable bonds is 4. The van der Waals surface area contributed by atoms with E-state index in [9.17, 15) is 0 Å². The van der Waals surface area contributed by atoms with Gasteiger partial charge in [-0.2, -0.15) is 0 Å². The van der Waals surface area contributed by atoms with E-state index in [2.05, 4.69) is 32.5 Å². The van der Waals surface area contributed by atoms with Crippen molar-refractivity contribution in [1.29, 1.82) is 0 Å². The maximum atomic E-state index is 4.33. The standard InChI is InChI=1S/C13H21N2P/c1-10(12-6-4-7-13(12)16)15-9-11-5-2-3-8-14-11/h2-3,5,8,10,12-13,15H,4,6-7,9,16H2,1H3/t10-,12?,13?/m1/s1. The maximum absolute atomic E-state index is 4.33. The zero-order chi connectivity index (χ0) is 11.4. The molecule has 2 rings (SSSR count). The van der Waals surface area contributed by atoms with Gasteiger partial charge in [-0.3, -0.25) is 4.98 Å². The summed E-state index contributed by atoms with van der Waals surface area (Å²) < 4.78 is 0. The van der Waals surface area contributed by atoms with E-state index in [1.54, 1.807) is 0 Å². The fraction of sp³-hybridized carbons (Fsp3) is 0.615. The molecule has 0 bridgehead atoms. The van der Waals surface area contributed by atoms with Crippen LogP contribution in [0.3, 0.4) is 0 Å². The Balaban J connectivity index is 1.81. The molecule has 0 saturated heterocycles. The van der Waals surface area contributed by atoms with Crippen LogP contribution in [-0.4, -0.2) is 16.7 Å². The van der Waals surface area contributed by atoms with E-state index in [0.29, 0.717) is 6.04 Å². The van der Waals surface area contributed by atoms with Gasteiger partial charge in [0.2, 0.25) is 0 Å². The average Bonchev–Trinajstić information content (AvgIpc) is 2.74. The molecular formula is C13H21N2P. The minimum Gasteiger partial charge on any atom is -0.308 e. The summed E-state index contributed by atoms with van der Waals surface area (Å²) in [7, 11) is 3.00. The summed E-state index contributed by atoms with van der Waals surface area (Å²) in [6, 6.07) is 6.67. The smallest absolute Gasteiger partial charge is 0.0541 e. The van der Waals surface area contributed by atoms with E-state index >= 15 is 0 Å². The third kappa shape index (κ3) is 3.02. The van der Waals surface area contributed by atoms with Crippen LogP contribution in [0.2, 0.25) is 0 Å². The molecule has 1 aliphatic rings. The van der Waals surface area contributed by atoms with Crippen LogP contribution in [0, 0.1) is 5.92 Å². The fourth-order valence-corrected chi connectivity index (χ4v) is 3.32. The number of aromatic nitrogens is 1. The summed E-state index contributed by atoms with van der Waals surface area (Å²) >= 11 is 0. The molecule has 1 N–H and O–H groups in total. The van der Waals surface area contributed by atoms with Gasteiger partial charge in [0.1, 0.15) is 0 Å². The Morgan fingerprint density at radius 2 is 2.38 bits per heavy atom. The number of hydrogen-bond acceptors (Lipinski definition) is 2. The second-order valence-corrected chi connectivity index (χ2v) is 5.61. The summed E-state index contributed by atoms with van der Waals surface area (Å²) in [5.74, 6) is 0.814. The van der Waals surface area contributed by atoms with Gasteiger partial charge in [-0.1, -0.05) is 12.5 Å². The van der Waals surface area contributed by atoms with Crippen molar-refractivity contribution in [3.63, 3.8) is 0 Å². The number of nitrogens with one attached hydrogen (secondary N) is 1. The lowest BCUT2D eigenvalue weighted by atomic mass is 9.99. The average molecular weight is 236 g/mol. The second kappa shape index (κ2) is 5.75. The minimum absolute atomic E-state index is 0.590. The first-order valence-corrected chi connectivity index (χ1v) is 6.83. The lowest BCUT2D eigenvalue weighted by molar-refractivity contribution is 0.385. The van der Waals surface area contributed by atoms with E-state index in [1.807, 2.05) is 18.3 Å². The molecule has 88 valence electrons. The first kappa shape index (κ1) is 12.0. The van der Waals surface area contributed by atoms with Crippen molar-refractivity contribution < 1.29 is 0 Å². The van der Waals surface area contributed by atoms with E-state index < -0.39 is 0 Å². The molecule has 1 heterocycles. The normalized spacial score (nSPS) is 26.9. The molecule has 1 aromatic rings. The largest absolute Gasteiger partial charge is 0.308 e. The summed E-state index contributed by atoms with van der Waals surface area (Å²) in [5, 5.41) is 3.60. The van der Waals surface area contributed by atoms with Crippen molar-refractivity contribution in [2.24, 2.45) is 5.92 Å². The van der Waals surface area contributed by atoms with Crippen molar-refractivity contribution >= 4 is 9.24 Å². The predicted molar refractivity (Wildman–Crippen MR) is 71.4 cm³/mol. The summed E-state index contributed by atoms with van der Waals surface area (Å²) in [5.41, 5.74) is 1.93. The second-order valence-electron chi connectivity index (χ2n) is 4.75. The van der Waals surface area contributed by atoms with Crippen LogP contribution < -0.4 is 5.32 Å². The Morgan fingerprint density at radius 3 is 3.00 bits per heavy atom. The van der Waals surface area contributed by atoms with Crippen molar-refractivity contribution in [2.75, 3.05) is 0 Å². The maximum Gasteiger partial charge on any atom is 0.0541 e. The number of pyridine rings is 1. The van der Waals surface area contributed by atoms with Crippen LogP contribution in [0.15, 0.2) is 24.4 Å². The van der Waals surface area contributed by atoms with Crippen LogP contribution in [-0.2, 0) is 6.54 Å². The molecule has 0 spiro atoms. The molecule has 3 unspecified atom stereocenters. The van der Waals surface area contributed by atoms with Crippen molar-refractivity contribution in [3.8, 4) is 0 Å². The first-order chi connectivity index (χ1) is 7.77. The molecule has 0 radical (unpaired) electrons. The summed E-state index contributed by atoms with van der Waals surface area (Å²) in [4.78, 5) is 4.33. The molecular weight excluding hydrogens is 215 g/mol. The topological polar surface area (TPSA) is 24.9 Å². The predicted octanol–water partition coefficient (Wildman–Crippen LogP) is 2.60. The molecule has 1 fully saturated rings. The molecule has 16 heavy (non-hydrogen) atoms. The Labute approximate surface area is 100 Å². The molecule has 0 aliphatic heterocycles. The quantitative estimate of drug-likeness (QED) is 0.813. The van der Waals surface area contributed by atoms with E-state index in [1.165, 1.54) is 19.3 Å². The van der Waals surface area contributed by atoms with Crippen LogP contribution in [0.25, 0.3) is 0 Å². The highest BCUT2D eigenvalue weighted by Crippen LogP contribution is 2.33. The first-order valence-electron chi connectivity index (χ1n) is 6.16. The lowest BCUT2D eigenvalue weighted by Gasteiger charge is -2.24. The molecule has 2 nitrogen and oxygen atoms in total. The number of hydrogen-bond donors (Lipinski definition) is 1. The molecule has 1 saturated carbocycles. The van der Waals surface area contributed by atoms with Crippen LogP contribution in [0.4, 0.5) is 0 Å². The molecule has 0 aromatic carbocycles. The van der Waals surface area contributed by atoms with Gasteiger partial charge in [-0.15, -0.1) is 9.24 Å². The lowest BCUT2D eigenvalue weighted by Crippen LogP contribution is -2.35. The molecule has 1 aliphatic carbocycles. The van der Waals surface area contributed by atoms with Crippen LogP contribution >= 0.6 is 9.24 Å². The van der Waals surface area contributed by atoms with E-state index in [4.69, 9.17) is 0 Å². The van der Waals surface area contributed by atoms with Gasteiger partial charge in [-0.05, 0) is 43.5 Å². The molecule has 1 aromatic heterocycles. The van der Waals surface area contributed by atoms with Gasteiger partial charge < -0.3 is 5.32 Å². The van der Waals surface area contributed by atoms with Crippen molar-refractivity contribution in [1.82, 2.24) is 10.3 Å². The summed E-state index contributed by atoms with van der Waals surface area (Å²) in [6.45, 7) is 3.19. The van der Waals surface area contributed by atoms with Crippen molar-refractivity contribution in [3.05, 3.63) is 30.1 Å². The Kier molecular flexibility index (Phi) is 4.31. The van der Waals surface area contributed by atoms with E-state index in [0.717, 1.165) is 23.8 Å². The zero-order valence-electron chi connectivity index (χ0n) is 9.89. The highest BCUT2D eigenvalue weighted by molar-refractivity contribution is 7.17. The van der Waals surface area contributed by atoms with Crippen LogP contribution in [0.1, 0.15) is 31.9 Å². The monoisotopic (exact) mass is 236 g/mol. The Hall–Kier alpha value is -0.460. The number of nitrogens with zero attached hydrogens (tertiary/aromatic N) is 1. The third-order valence-electron chi connectivity index (χ3n) is 3.60. The van der Waals surface area contributed by atoms with Crippen LogP contribution in [0.5, 0.6) is 0 Å². The highest BCUT2D eigenvalue weighted by atomic mass is 31.0. The Bertz CT molecular complexity index is 315. The van der Waals surface area contributed by atoms with E-state index in [-0.39, 0.29) is 0 Å². The Morgan fingerprint density at radius 1 is 1.50 bits per heavy atom. The van der Waals surface area contributed by atoms with Gasteiger partial charge >= 0.3 is 0 Å². The minimum atomic E-state index is 0.590. The molecule has 4 atom stereocenters. The van der Waals surface area contributed by atoms with Gasteiger partial charge in [-0.25, -0.2) is 0 Å². The fourth-order valence-electron chi connectivity index (χ4n) is 2.56. The van der Waals surface area contributed by atoms with Gasteiger partial charge in [0.15, 0.2) is 0 Å². The zero-order valence-corrected chi connectivity index (χ0v) is 11.0. The van der Waals surface area contributed by atoms with Crippen molar-refractivity contribution in [2.45, 2.75) is 44.4 Å². The SMILES string of the molecule is C[C@@H](NCc1ccccn1)C1CCCC1P.